The predicted octanol–water partition coefficient (Wildman–Crippen LogP) is 2.34. The van der Waals surface area contributed by atoms with Crippen LogP contribution in [-0.2, 0) is 19.7 Å². The summed E-state index contributed by atoms with van der Waals surface area (Å²) in [7, 11) is -4.59. The highest BCUT2D eigenvalue weighted by Gasteiger charge is 2.15. The highest BCUT2D eigenvalue weighted by molar-refractivity contribution is 7.95. The molecular formula is C25H26N2O9S2. The molecule has 0 saturated carbocycles. The Bertz CT molecular complexity index is 1420. The Morgan fingerprint density at radius 2 is 1.16 bits per heavy atom. The van der Waals surface area contributed by atoms with E-state index in [4.69, 9.17) is 29.5 Å². The number of aliphatic hydroxyl groups is 1. The van der Waals surface area contributed by atoms with Crippen molar-refractivity contribution in [1.29, 1.82) is 10.5 Å². The maximum Gasteiger partial charge on any atom is 0.185 e. The van der Waals surface area contributed by atoms with E-state index in [9.17, 15) is 21.9 Å². The fraction of sp³-hybridized carbons (Fsp3) is 0.280. The van der Waals surface area contributed by atoms with Crippen LogP contribution in [0.4, 0.5) is 0 Å². The third-order valence-corrected chi connectivity index (χ3v) is 6.87. The average Bonchev–Trinajstić information content (AvgIpc) is 2.86. The molecule has 202 valence electrons. The number of nitrogens with zero attached hydrogens (tertiary/aromatic N) is 2. The average molecular weight is 563 g/mol. The molecule has 0 aromatic heterocycles. The summed E-state index contributed by atoms with van der Waals surface area (Å²) in [6, 6.07) is 12.4. The van der Waals surface area contributed by atoms with Gasteiger partial charge in [-0.25, -0.2) is 16.8 Å². The van der Waals surface area contributed by atoms with Gasteiger partial charge in [-0.15, -0.1) is 0 Å². The van der Waals surface area contributed by atoms with E-state index in [0.717, 1.165) is 12.5 Å². The Labute approximate surface area is 221 Å². The van der Waals surface area contributed by atoms with E-state index in [1.807, 2.05) is 0 Å². The third-order valence-electron chi connectivity index (χ3n) is 4.85. The number of ether oxygens (including phenoxy) is 4. The van der Waals surface area contributed by atoms with Crippen molar-refractivity contribution in [1.82, 2.24) is 0 Å². The van der Waals surface area contributed by atoms with Crippen LogP contribution in [-0.4, -0.2) is 68.0 Å². The molecule has 38 heavy (non-hydrogen) atoms. The summed E-state index contributed by atoms with van der Waals surface area (Å²) in [4.78, 5) is -0.803. The van der Waals surface area contributed by atoms with Crippen LogP contribution in [0.1, 0.15) is 11.1 Å². The number of nitriles is 2. The van der Waals surface area contributed by atoms with Gasteiger partial charge in [0.1, 0.15) is 41.3 Å². The standard InChI is InChI=1S/C25H26N2O9S2/c1-33-24-11-17(9-20(13-26)37(3,29)30)5-7-22(24)35-15-19(28)16-36-23-8-6-18(12-25(23)34-2)10-21(14-27)38(4,31)32/h5-12,19,28H,15-16H2,1-4H3. The van der Waals surface area contributed by atoms with Crippen molar-refractivity contribution in [2.75, 3.05) is 39.9 Å². The Morgan fingerprint density at radius 3 is 1.45 bits per heavy atom. The SMILES string of the molecule is COc1cc(C=C(C#N)S(C)(=O)=O)ccc1OCC(O)COc1ccc(C=C(C#N)S(C)(=O)=O)cc1OC. The first-order valence-electron chi connectivity index (χ1n) is 10.8. The molecule has 0 heterocycles. The molecule has 2 rings (SSSR count). The van der Waals surface area contributed by atoms with Gasteiger partial charge in [-0.2, -0.15) is 10.5 Å². The third kappa shape index (κ3) is 8.52. The van der Waals surface area contributed by atoms with Gasteiger partial charge in [0.2, 0.25) is 0 Å². The van der Waals surface area contributed by atoms with Crippen molar-refractivity contribution in [3.8, 4) is 35.1 Å². The van der Waals surface area contributed by atoms with E-state index in [1.165, 1.54) is 62.8 Å². The van der Waals surface area contributed by atoms with Gasteiger partial charge in [0.25, 0.3) is 0 Å². The number of sulfone groups is 2. The molecule has 13 heteroatoms. The minimum atomic E-state index is -3.68. The van der Waals surface area contributed by atoms with E-state index >= 15 is 0 Å². The number of hydrogen-bond acceptors (Lipinski definition) is 11. The molecule has 0 aliphatic carbocycles. The maximum absolute atomic E-state index is 11.6. The Morgan fingerprint density at radius 1 is 0.789 bits per heavy atom. The van der Waals surface area contributed by atoms with Gasteiger partial charge in [-0.05, 0) is 47.5 Å². The van der Waals surface area contributed by atoms with Crippen LogP contribution < -0.4 is 18.9 Å². The van der Waals surface area contributed by atoms with E-state index < -0.39 is 35.6 Å². The van der Waals surface area contributed by atoms with E-state index in [0.29, 0.717) is 11.1 Å². The molecule has 0 aliphatic heterocycles. The lowest BCUT2D eigenvalue weighted by atomic mass is 10.2. The second kappa shape index (κ2) is 13.0. The topological polar surface area (TPSA) is 173 Å². The van der Waals surface area contributed by atoms with E-state index in [2.05, 4.69) is 0 Å². The Kier molecular flexibility index (Phi) is 10.3. The van der Waals surface area contributed by atoms with E-state index in [-0.39, 0.29) is 36.2 Å². The van der Waals surface area contributed by atoms with Crippen LogP contribution >= 0.6 is 0 Å². The monoisotopic (exact) mass is 562 g/mol. The molecule has 2 aromatic carbocycles. The van der Waals surface area contributed by atoms with Crippen LogP contribution in [0.5, 0.6) is 23.0 Å². The smallest absolute Gasteiger partial charge is 0.185 e. The van der Waals surface area contributed by atoms with Gasteiger partial charge in [0, 0.05) is 12.5 Å². The molecule has 11 nitrogen and oxygen atoms in total. The minimum absolute atomic E-state index is 0.179. The lowest BCUT2D eigenvalue weighted by Gasteiger charge is -2.17. The molecular weight excluding hydrogens is 536 g/mol. The molecule has 1 N–H and O–H groups in total. The van der Waals surface area contributed by atoms with Crippen molar-refractivity contribution in [3.63, 3.8) is 0 Å². The Balaban J connectivity index is 2.08. The van der Waals surface area contributed by atoms with Crippen molar-refractivity contribution < 1.29 is 40.9 Å². The summed E-state index contributed by atoms with van der Waals surface area (Å²) in [5, 5.41) is 28.5. The number of hydrogen-bond donors (Lipinski definition) is 1. The van der Waals surface area contributed by atoms with Gasteiger partial charge in [0.05, 0.1) is 14.2 Å². The number of benzene rings is 2. The summed E-state index contributed by atoms with van der Waals surface area (Å²) in [6.07, 6.45) is 3.21. The van der Waals surface area contributed by atoms with Crippen LogP contribution in [0.25, 0.3) is 12.2 Å². The number of methoxy groups -OCH3 is 2. The molecule has 0 fully saturated rings. The zero-order chi connectivity index (χ0) is 28.5. The molecule has 0 unspecified atom stereocenters. The molecule has 2 aromatic rings. The largest absolute Gasteiger partial charge is 0.493 e. The van der Waals surface area contributed by atoms with Gasteiger partial charge < -0.3 is 24.1 Å². The number of aliphatic hydroxyl groups excluding tert-OH is 1. The van der Waals surface area contributed by atoms with Gasteiger partial charge in [0.15, 0.2) is 42.7 Å². The minimum Gasteiger partial charge on any atom is -0.493 e. The highest BCUT2D eigenvalue weighted by atomic mass is 32.2. The fourth-order valence-electron chi connectivity index (χ4n) is 2.95. The summed E-state index contributed by atoms with van der Waals surface area (Å²) in [5.74, 6) is 1.06. The van der Waals surface area contributed by atoms with Crippen LogP contribution in [0.3, 0.4) is 0 Å². The van der Waals surface area contributed by atoms with Crippen LogP contribution in [0.2, 0.25) is 0 Å². The zero-order valence-electron chi connectivity index (χ0n) is 21.0. The quantitative estimate of drug-likeness (QED) is 0.376. The predicted molar refractivity (Wildman–Crippen MR) is 140 cm³/mol. The fourth-order valence-corrected chi connectivity index (χ4v) is 3.99. The summed E-state index contributed by atoms with van der Waals surface area (Å²) >= 11 is 0. The highest BCUT2D eigenvalue weighted by Crippen LogP contribution is 2.31. The number of rotatable bonds is 12. The van der Waals surface area contributed by atoms with Gasteiger partial charge in [-0.3, -0.25) is 0 Å². The summed E-state index contributed by atoms with van der Waals surface area (Å²) in [6.45, 7) is -0.358. The second-order valence-electron chi connectivity index (χ2n) is 7.88. The molecule has 0 radical (unpaired) electrons. The second-order valence-corrected chi connectivity index (χ2v) is 11.8. The van der Waals surface area contributed by atoms with E-state index in [1.54, 1.807) is 12.1 Å². The lowest BCUT2D eigenvalue weighted by molar-refractivity contribution is 0.0607. The molecule has 0 bridgehead atoms. The summed E-state index contributed by atoms with van der Waals surface area (Å²) in [5.41, 5.74) is 0.813. The Hall–Kier alpha value is -4.04. The van der Waals surface area contributed by atoms with Gasteiger partial charge in [-0.1, -0.05) is 12.1 Å². The first-order valence-corrected chi connectivity index (χ1v) is 14.5. The van der Waals surface area contributed by atoms with Crippen molar-refractivity contribution in [3.05, 3.63) is 57.3 Å². The summed E-state index contributed by atoms with van der Waals surface area (Å²) < 4.78 is 68.3. The molecule has 0 atom stereocenters. The molecule has 0 amide bonds. The first-order chi connectivity index (χ1) is 17.8. The maximum atomic E-state index is 11.6. The van der Waals surface area contributed by atoms with Crippen LogP contribution in [0.15, 0.2) is 46.2 Å². The number of allylic oxidation sites excluding steroid dienone is 2. The van der Waals surface area contributed by atoms with Crippen molar-refractivity contribution >= 4 is 31.8 Å². The first kappa shape index (κ1) is 30.2. The van der Waals surface area contributed by atoms with Gasteiger partial charge >= 0.3 is 0 Å². The van der Waals surface area contributed by atoms with Crippen LogP contribution in [0, 0.1) is 22.7 Å². The van der Waals surface area contributed by atoms with Crippen molar-refractivity contribution in [2.45, 2.75) is 6.10 Å². The zero-order valence-corrected chi connectivity index (χ0v) is 22.7. The van der Waals surface area contributed by atoms with Crippen molar-refractivity contribution in [2.24, 2.45) is 0 Å². The molecule has 0 saturated heterocycles. The molecule has 0 spiro atoms. The molecule has 0 aliphatic rings. The lowest BCUT2D eigenvalue weighted by Crippen LogP contribution is -2.25. The normalized spacial score (nSPS) is 13.1.